The van der Waals surface area contributed by atoms with Gasteiger partial charge in [0.25, 0.3) is 0 Å². The third-order valence-electron chi connectivity index (χ3n) is 8.06. The number of ether oxygens (including phenoxy) is 3. The molecular weight excluding hydrogens is 396 g/mol. The first kappa shape index (κ1) is 20.4. The molecule has 5 rings (SSSR count). The molecule has 1 aromatic rings. The number of hydrogen-bond acceptors (Lipinski definition) is 7. The standard InChI is InChI=1S/C24H30N2O5/c1-14(31-15(2)27)23-8-5-10-26-11-9-24(22(23)26)18-7-6-16(29-3)12-19(18)25-20(24)17(13-23)21(28)30-4/h6-7,12,14,22,25H,5,8-11,13H2,1-4H3/t14-,22+,23+,24+/m1/s1. The lowest BCUT2D eigenvalue weighted by Gasteiger charge is -2.57. The molecule has 0 saturated carbocycles. The molecule has 0 bridgehead atoms. The molecule has 31 heavy (non-hydrogen) atoms. The Labute approximate surface area is 182 Å². The second-order valence-electron chi connectivity index (χ2n) is 9.31. The van der Waals surface area contributed by atoms with Crippen LogP contribution < -0.4 is 10.1 Å². The molecule has 1 aliphatic carbocycles. The first-order valence-electron chi connectivity index (χ1n) is 11.1. The molecule has 3 aliphatic heterocycles. The topological polar surface area (TPSA) is 77.1 Å². The second-order valence-corrected chi connectivity index (χ2v) is 9.31. The van der Waals surface area contributed by atoms with E-state index in [0.29, 0.717) is 12.0 Å². The Morgan fingerprint density at radius 1 is 1.23 bits per heavy atom. The van der Waals surface area contributed by atoms with Gasteiger partial charge in [-0.05, 0) is 57.3 Å². The average molecular weight is 427 g/mol. The van der Waals surface area contributed by atoms with Gasteiger partial charge in [-0.3, -0.25) is 9.69 Å². The third kappa shape index (κ3) is 2.62. The van der Waals surface area contributed by atoms with Crippen LogP contribution in [0.2, 0.25) is 0 Å². The monoisotopic (exact) mass is 426 g/mol. The lowest BCUT2D eigenvalue weighted by molar-refractivity contribution is -0.161. The maximum Gasteiger partial charge on any atom is 0.335 e. The minimum Gasteiger partial charge on any atom is -0.497 e. The number of carbonyl (C=O) groups excluding carboxylic acids is 2. The number of methoxy groups -OCH3 is 2. The molecule has 7 heteroatoms. The Hall–Kier alpha value is -2.54. The van der Waals surface area contributed by atoms with Gasteiger partial charge in [-0.25, -0.2) is 4.79 Å². The van der Waals surface area contributed by atoms with Gasteiger partial charge in [0.1, 0.15) is 11.9 Å². The number of nitrogens with one attached hydrogen (secondary N) is 1. The van der Waals surface area contributed by atoms with Crippen LogP contribution in [0.1, 0.15) is 45.1 Å². The summed E-state index contributed by atoms with van der Waals surface area (Å²) < 4.78 is 16.5. The fraction of sp³-hybridized carbons (Fsp3) is 0.583. The zero-order valence-electron chi connectivity index (χ0n) is 18.6. The van der Waals surface area contributed by atoms with Crippen LogP contribution in [0.25, 0.3) is 0 Å². The summed E-state index contributed by atoms with van der Waals surface area (Å²) in [6, 6.07) is 6.28. The minimum atomic E-state index is -0.351. The van der Waals surface area contributed by atoms with E-state index in [0.717, 1.165) is 49.5 Å². The molecule has 4 aliphatic rings. The maximum absolute atomic E-state index is 13.1. The van der Waals surface area contributed by atoms with Crippen molar-refractivity contribution in [3.05, 3.63) is 35.0 Å². The molecule has 1 aromatic carbocycles. The number of anilines is 1. The Bertz CT molecular complexity index is 988. The Balaban J connectivity index is 1.76. The minimum absolute atomic E-state index is 0.147. The maximum atomic E-state index is 13.1. The van der Waals surface area contributed by atoms with E-state index in [1.165, 1.54) is 19.6 Å². The fourth-order valence-corrected chi connectivity index (χ4v) is 6.99. The number of esters is 2. The molecule has 0 unspecified atom stereocenters. The van der Waals surface area contributed by atoms with Crippen molar-refractivity contribution in [2.24, 2.45) is 5.41 Å². The Morgan fingerprint density at radius 2 is 2.03 bits per heavy atom. The number of hydrogen-bond donors (Lipinski definition) is 1. The quantitative estimate of drug-likeness (QED) is 0.742. The van der Waals surface area contributed by atoms with Gasteiger partial charge in [-0.2, -0.15) is 0 Å². The van der Waals surface area contributed by atoms with Crippen LogP contribution in [-0.2, 0) is 24.5 Å². The highest BCUT2D eigenvalue weighted by molar-refractivity contribution is 5.93. The lowest BCUT2D eigenvalue weighted by atomic mass is 9.53. The van der Waals surface area contributed by atoms with Crippen molar-refractivity contribution in [1.29, 1.82) is 0 Å². The van der Waals surface area contributed by atoms with Gasteiger partial charge in [0.05, 0.1) is 25.2 Å². The van der Waals surface area contributed by atoms with E-state index in [1.54, 1.807) is 7.11 Å². The summed E-state index contributed by atoms with van der Waals surface area (Å²) in [6.07, 6.45) is 3.06. The predicted octanol–water partition coefficient (Wildman–Crippen LogP) is 3.00. The summed E-state index contributed by atoms with van der Waals surface area (Å²) in [5, 5.41) is 3.59. The molecule has 0 aromatic heterocycles. The lowest BCUT2D eigenvalue weighted by Crippen LogP contribution is -2.64. The van der Waals surface area contributed by atoms with Gasteiger partial charge in [-0.1, -0.05) is 6.07 Å². The van der Waals surface area contributed by atoms with Gasteiger partial charge in [-0.15, -0.1) is 0 Å². The van der Waals surface area contributed by atoms with Gasteiger partial charge in [0.2, 0.25) is 0 Å². The van der Waals surface area contributed by atoms with Crippen molar-refractivity contribution in [3.63, 3.8) is 0 Å². The van der Waals surface area contributed by atoms with E-state index in [9.17, 15) is 9.59 Å². The van der Waals surface area contributed by atoms with Crippen LogP contribution >= 0.6 is 0 Å². The Kier molecular flexibility index (Phi) is 4.59. The smallest absolute Gasteiger partial charge is 0.335 e. The van der Waals surface area contributed by atoms with E-state index in [4.69, 9.17) is 14.2 Å². The van der Waals surface area contributed by atoms with Gasteiger partial charge in [0, 0.05) is 35.8 Å². The molecule has 0 radical (unpaired) electrons. The third-order valence-corrected chi connectivity index (χ3v) is 8.06. The van der Waals surface area contributed by atoms with Crippen molar-refractivity contribution in [2.45, 2.75) is 57.1 Å². The fourth-order valence-electron chi connectivity index (χ4n) is 6.99. The first-order chi connectivity index (χ1) is 14.9. The van der Waals surface area contributed by atoms with Crippen molar-refractivity contribution >= 4 is 17.6 Å². The summed E-state index contributed by atoms with van der Waals surface area (Å²) in [5.74, 6) is 0.188. The number of carbonyl (C=O) groups is 2. The van der Waals surface area contributed by atoms with Crippen LogP contribution in [0, 0.1) is 5.41 Å². The molecule has 2 saturated heterocycles. The molecule has 1 N–H and O–H groups in total. The molecule has 4 atom stereocenters. The molecule has 1 spiro atoms. The van der Waals surface area contributed by atoms with Crippen molar-refractivity contribution in [1.82, 2.24) is 4.90 Å². The molecule has 2 fully saturated rings. The Morgan fingerprint density at radius 3 is 2.74 bits per heavy atom. The molecule has 0 amide bonds. The highest BCUT2D eigenvalue weighted by atomic mass is 16.5. The zero-order valence-corrected chi connectivity index (χ0v) is 18.6. The van der Waals surface area contributed by atoms with E-state index < -0.39 is 0 Å². The molecule has 166 valence electrons. The second kappa shape index (κ2) is 6.99. The summed E-state index contributed by atoms with van der Waals surface area (Å²) in [7, 11) is 3.09. The summed E-state index contributed by atoms with van der Waals surface area (Å²) in [5.41, 5.74) is 3.12. The van der Waals surface area contributed by atoms with Crippen LogP contribution in [0.5, 0.6) is 5.75 Å². The highest BCUT2D eigenvalue weighted by Gasteiger charge is 2.68. The molecular formula is C24H30N2O5. The summed E-state index contributed by atoms with van der Waals surface area (Å²) >= 11 is 0. The van der Waals surface area contributed by atoms with Crippen LogP contribution in [0.3, 0.4) is 0 Å². The molecule has 7 nitrogen and oxygen atoms in total. The van der Waals surface area contributed by atoms with Gasteiger partial charge in [0.15, 0.2) is 0 Å². The van der Waals surface area contributed by atoms with E-state index in [2.05, 4.69) is 16.3 Å². The largest absolute Gasteiger partial charge is 0.497 e. The van der Waals surface area contributed by atoms with Crippen molar-refractivity contribution in [2.75, 3.05) is 32.6 Å². The van der Waals surface area contributed by atoms with E-state index in [1.807, 2.05) is 19.1 Å². The number of rotatable bonds is 4. The SMILES string of the molecule is COC(=O)C1=C2Nc3cc(OC)ccc3[C@@]23CCN2CCC[C@@]([C@@H](C)OC(C)=O)(C1)[C@H]23. The van der Waals surface area contributed by atoms with Crippen molar-refractivity contribution in [3.8, 4) is 5.75 Å². The number of piperidine rings is 1. The van der Waals surface area contributed by atoms with E-state index in [-0.39, 0.29) is 34.9 Å². The highest BCUT2D eigenvalue weighted by Crippen LogP contribution is 2.65. The van der Waals surface area contributed by atoms with Gasteiger partial charge >= 0.3 is 11.9 Å². The summed E-state index contributed by atoms with van der Waals surface area (Å²) in [4.78, 5) is 27.6. The predicted molar refractivity (Wildman–Crippen MR) is 115 cm³/mol. The molecule has 3 heterocycles. The average Bonchev–Trinajstić information content (AvgIpc) is 3.31. The van der Waals surface area contributed by atoms with Crippen LogP contribution in [-0.4, -0.2) is 56.3 Å². The van der Waals surface area contributed by atoms with E-state index >= 15 is 0 Å². The first-order valence-corrected chi connectivity index (χ1v) is 11.1. The summed E-state index contributed by atoms with van der Waals surface area (Å²) in [6.45, 7) is 5.42. The number of fused-ring (bicyclic) bond motifs is 1. The normalized spacial score (nSPS) is 31.8. The number of benzene rings is 1. The van der Waals surface area contributed by atoms with Gasteiger partial charge < -0.3 is 19.5 Å². The number of nitrogens with zero attached hydrogens (tertiary/aromatic N) is 1. The van der Waals surface area contributed by atoms with Crippen LogP contribution in [0.4, 0.5) is 5.69 Å². The zero-order chi connectivity index (χ0) is 22.0. The van der Waals surface area contributed by atoms with Crippen LogP contribution in [0.15, 0.2) is 29.5 Å². The van der Waals surface area contributed by atoms with Crippen molar-refractivity contribution < 1.29 is 23.8 Å².